The molecule has 4 N–H and O–H groups in total. The first-order valence-electron chi connectivity index (χ1n) is 15.8. The van der Waals surface area contributed by atoms with Crippen LogP contribution in [-0.4, -0.2) is 44.3 Å². The molecule has 0 amide bonds. The summed E-state index contributed by atoms with van der Waals surface area (Å²) in [6, 6.07) is 0. The Kier molecular flexibility index (Phi) is 44.3. The molecule has 0 saturated heterocycles. The van der Waals surface area contributed by atoms with Crippen LogP contribution in [0.4, 0.5) is 0 Å². The van der Waals surface area contributed by atoms with Crippen molar-refractivity contribution in [3.63, 3.8) is 0 Å². The first-order chi connectivity index (χ1) is 18.9. The van der Waals surface area contributed by atoms with Crippen LogP contribution >= 0.6 is 0 Å². The largest absolute Gasteiger partial charge is 0.481 e. The van der Waals surface area contributed by atoms with Gasteiger partial charge in [0.2, 0.25) is 0 Å². The summed E-state index contributed by atoms with van der Waals surface area (Å²) in [6.45, 7) is 16.0. The Morgan fingerprint density at radius 1 is 0.390 bits per heavy atom. The molecule has 0 saturated carbocycles. The Morgan fingerprint density at radius 2 is 0.537 bits per heavy atom. The number of carboxylic acid groups (broad SMARTS) is 4. The van der Waals surface area contributed by atoms with Gasteiger partial charge in [-0.05, 0) is 51.4 Å². The molecule has 41 heavy (non-hydrogen) atoms. The quantitative estimate of drug-likeness (QED) is 0.0900. The average molecular weight is 755 g/mol. The molecular weight excluding hydrogens is 691 g/mol. The molecule has 0 aliphatic heterocycles. The molecule has 9 heteroatoms. The van der Waals surface area contributed by atoms with Crippen LogP contribution in [0.25, 0.3) is 0 Å². The van der Waals surface area contributed by atoms with Crippen molar-refractivity contribution in [1.29, 1.82) is 0 Å². The number of carboxylic acids is 4. The maximum atomic E-state index is 10.4. The first-order valence-corrected chi connectivity index (χ1v) is 15.8. The van der Waals surface area contributed by atoms with Crippen molar-refractivity contribution < 1.29 is 65.4 Å². The van der Waals surface area contributed by atoms with Crippen LogP contribution in [0.2, 0.25) is 0 Å². The minimum atomic E-state index is -0.643. The Hall–Kier alpha value is -1.25. The zero-order chi connectivity index (χ0) is 31.9. The molecule has 0 rings (SSSR count). The standard InChI is InChI=1S/4C8H16O2.Hf/c4*1-3-5-6-7(4-2)8(9)10;/h4*7H,3-6H2,1-2H3,(H,9,10);. The summed E-state index contributed by atoms with van der Waals surface area (Å²) in [5, 5.41) is 34.4. The van der Waals surface area contributed by atoms with Gasteiger partial charge in [0.15, 0.2) is 0 Å². The molecule has 0 aromatic heterocycles. The first kappa shape index (κ1) is 49.4. The van der Waals surface area contributed by atoms with Gasteiger partial charge >= 0.3 is 23.9 Å². The van der Waals surface area contributed by atoms with Gasteiger partial charge in [-0.3, -0.25) is 19.2 Å². The molecule has 0 fully saturated rings. The third-order valence-electron chi connectivity index (χ3n) is 6.99. The fourth-order valence-corrected chi connectivity index (χ4v) is 3.81. The van der Waals surface area contributed by atoms with E-state index in [9.17, 15) is 19.2 Å². The average Bonchev–Trinajstić information content (AvgIpc) is 2.91. The third kappa shape index (κ3) is 34.9. The van der Waals surface area contributed by atoms with Gasteiger partial charge in [-0.25, -0.2) is 0 Å². The van der Waals surface area contributed by atoms with Crippen molar-refractivity contribution in [3.8, 4) is 0 Å². The van der Waals surface area contributed by atoms with Crippen LogP contribution in [-0.2, 0) is 45.0 Å². The number of rotatable bonds is 20. The van der Waals surface area contributed by atoms with Crippen molar-refractivity contribution in [3.05, 3.63) is 0 Å². The van der Waals surface area contributed by atoms with E-state index in [0.29, 0.717) is 0 Å². The molecule has 0 radical (unpaired) electrons. The number of carbonyl (C=O) groups is 4. The molecular formula is C32H64HfO8. The molecule has 8 nitrogen and oxygen atoms in total. The summed E-state index contributed by atoms with van der Waals surface area (Å²) < 4.78 is 0. The van der Waals surface area contributed by atoms with Gasteiger partial charge in [-0.2, -0.15) is 0 Å². The Labute approximate surface area is 270 Å². The van der Waals surface area contributed by atoms with E-state index >= 15 is 0 Å². The van der Waals surface area contributed by atoms with Crippen LogP contribution in [0, 0.1) is 23.7 Å². The molecule has 4 unspecified atom stereocenters. The van der Waals surface area contributed by atoms with Crippen molar-refractivity contribution in [2.45, 2.75) is 158 Å². The Balaban J connectivity index is -0.000000139. The van der Waals surface area contributed by atoms with Gasteiger partial charge in [0.1, 0.15) is 0 Å². The van der Waals surface area contributed by atoms with Crippen molar-refractivity contribution in [2.24, 2.45) is 23.7 Å². The van der Waals surface area contributed by atoms with Crippen LogP contribution in [0.3, 0.4) is 0 Å². The maximum absolute atomic E-state index is 10.4. The summed E-state index contributed by atoms with van der Waals surface area (Å²) in [7, 11) is 0. The fraction of sp³-hybridized carbons (Fsp3) is 0.875. The number of hydrogen-bond donors (Lipinski definition) is 4. The summed E-state index contributed by atoms with van der Waals surface area (Å²) in [4.78, 5) is 41.7. The van der Waals surface area contributed by atoms with E-state index in [0.717, 1.165) is 103 Å². The van der Waals surface area contributed by atoms with E-state index in [1.165, 1.54) is 0 Å². The van der Waals surface area contributed by atoms with Gasteiger partial charge in [-0.1, -0.05) is 107 Å². The van der Waals surface area contributed by atoms with E-state index in [1.807, 2.05) is 27.7 Å². The van der Waals surface area contributed by atoms with E-state index in [4.69, 9.17) is 20.4 Å². The minimum absolute atomic E-state index is 0. The molecule has 0 aromatic rings. The molecule has 244 valence electrons. The minimum Gasteiger partial charge on any atom is -0.481 e. The number of hydrogen-bond acceptors (Lipinski definition) is 4. The van der Waals surface area contributed by atoms with E-state index < -0.39 is 23.9 Å². The molecule has 0 bridgehead atoms. The molecule has 0 aliphatic carbocycles. The molecule has 0 aliphatic rings. The van der Waals surface area contributed by atoms with Gasteiger partial charge in [0.25, 0.3) is 0 Å². The Bertz CT molecular complexity index is 509. The number of unbranched alkanes of at least 4 members (excludes halogenated alkanes) is 4. The molecule has 4 atom stereocenters. The van der Waals surface area contributed by atoms with Crippen LogP contribution < -0.4 is 0 Å². The van der Waals surface area contributed by atoms with Crippen LogP contribution in [0.15, 0.2) is 0 Å². The van der Waals surface area contributed by atoms with E-state index in [-0.39, 0.29) is 49.5 Å². The van der Waals surface area contributed by atoms with Crippen LogP contribution in [0.5, 0.6) is 0 Å². The fourth-order valence-electron chi connectivity index (χ4n) is 3.81. The van der Waals surface area contributed by atoms with Crippen LogP contribution in [0.1, 0.15) is 158 Å². The Morgan fingerprint density at radius 3 is 0.610 bits per heavy atom. The predicted molar refractivity (Wildman–Crippen MR) is 164 cm³/mol. The van der Waals surface area contributed by atoms with Gasteiger partial charge in [0.05, 0.1) is 23.7 Å². The zero-order valence-electron chi connectivity index (χ0n) is 27.5. The third-order valence-corrected chi connectivity index (χ3v) is 6.99. The van der Waals surface area contributed by atoms with Crippen molar-refractivity contribution >= 4 is 23.9 Å². The monoisotopic (exact) mass is 756 g/mol. The second-order valence-electron chi connectivity index (χ2n) is 10.3. The van der Waals surface area contributed by atoms with Gasteiger partial charge in [0, 0.05) is 25.8 Å². The smallest absolute Gasteiger partial charge is 0.306 e. The summed E-state index contributed by atoms with van der Waals surface area (Å²) in [6.07, 6.45) is 14.9. The summed E-state index contributed by atoms with van der Waals surface area (Å²) >= 11 is 0. The van der Waals surface area contributed by atoms with Crippen molar-refractivity contribution in [2.75, 3.05) is 0 Å². The normalized spacial score (nSPS) is 12.7. The molecule has 0 aromatic carbocycles. The van der Waals surface area contributed by atoms with E-state index in [1.54, 1.807) is 0 Å². The maximum Gasteiger partial charge on any atom is 0.306 e. The second-order valence-corrected chi connectivity index (χ2v) is 10.3. The zero-order valence-corrected chi connectivity index (χ0v) is 31.1. The molecule has 0 heterocycles. The predicted octanol–water partition coefficient (Wildman–Crippen LogP) is 9.15. The summed E-state index contributed by atoms with van der Waals surface area (Å²) in [5.41, 5.74) is 0. The second kappa shape index (κ2) is 36.8. The topological polar surface area (TPSA) is 149 Å². The van der Waals surface area contributed by atoms with Crippen molar-refractivity contribution in [1.82, 2.24) is 0 Å². The molecule has 0 spiro atoms. The van der Waals surface area contributed by atoms with E-state index in [2.05, 4.69) is 27.7 Å². The number of aliphatic carboxylic acids is 4. The van der Waals surface area contributed by atoms with Gasteiger partial charge < -0.3 is 20.4 Å². The SMILES string of the molecule is CCCCC(CC)C(=O)O.CCCCC(CC)C(=O)O.CCCCC(CC)C(=O)O.CCCCC(CC)C(=O)O.[Hf]. The van der Waals surface area contributed by atoms with Gasteiger partial charge in [-0.15, -0.1) is 0 Å². The summed E-state index contributed by atoms with van der Waals surface area (Å²) in [5.74, 6) is -3.02.